The molecule has 53 heavy (non-hydrogen) atoms. The predicted octanol–water partition coefficient (Wildman–Crippen LogP) is 12.4. The normalized spacial score (nSPS) is 13.5. The van der Waals surface area contributed by atoms with Crippen molar-refractivity contribution in [3.8, 4) is 0 Å². The van der Waals surface area contributed by atoms with Crippen molar-refractivity contribution in [3.05, 3.63) is 0 Å². The second-order valence-electron chi connectivity index (χ2n) is 16.5. The first-order chi connectivity index (χ1) is 25.5. The Morgan fingerprint density at radius 2 is 0.849 bits per heavy atom. The lowest BCUT2D eigenvalue weighted by atomic mass is 10.0. The van der Waals surface area contributed by atoms with Gasteiger partial charge >= 0.3 is 19.8 Å². The third-order valence-electron chi connectivity index (χ3n) is 9.89. The number of nitrogens with zero attached hydrogens (tertiary/aromatic N) is 1. The van der Waals surface area contributed by atoms with Crippen molar-refractivity contribution in [2.24, 2.45) is 0 Å². The molecule has 0 rings (SSSR count). The lowest BCUT2D eigenvalue weighted by Crippen LogP contribution is -2.37. The van der Waals surface area contributed by atoms with E-state index < -0.39 is 26.5 Å². The number of ether oxygens (including phenoxy) is 2. The number of hydrogen-bond donors (Lipinski definition) is 1. The zero-order valence-corrected chi connectivity index (χ0v) is 36.4. The van der Waals surface area contributed by atoms with Crippen LogP contribution in [0, 0.1) is 0 Å². The van der Waals surface area contributed by atoms with Crippen LogP contribution in [0.4, 0.5) is 0 Å². The molecule has 1 N–H and O–H groups in total. The number of rotatable bonds is 41. The molecule has 0 aliphatic heterocycles. The number of hydrogen-bond acceptors (Lipinski definition) is 7. The van der Waals surface area contributed by atoms with Crippen LogP contribution in [-0.2, 0) is 32.7 Å². The number of carbonyl (C=O) groups is 2. The molecule has 0 fully saturated rings. The maximum atomic E-state index is 12.6. The molecule has 0 saturated carbocycles. The molecule has 0 aromatic heterocycles. The molecule has 2 atom stereocenters. The Morgan fingerprint density at radius 3 is 1.21 bits per heavy atom. The van der Waals surface area contributed by atoms with Gasteiger partial charge in [-0.15, -0.1) is 0 Å². The van der Waals surface area contributed by atoms with Gasteiger partial charge in [0, 0.05) is 12.8 Å². The van der Waals surface area contributed by atoms with E-state index in [2.05, 4.69) is 13.8 Å². The molecule has 0 spiro atoms. The summed E-state index contributed by atoms with van der Waals surface area (Å²) in [4.78, 5) is 35.3. The third kappa shape index (κ3) is 40.5. The fraction of sp³-hybridized carbons (Fsp3) is 0.953. The first-order valence-electron chi connectivity index (χ1n) is 22.3. The van der Waals surface area contributed by atoms with Gasteiger partial charge < -0.3 is 18.9 Å². The molecule has 10 heteroatoms. The third-order valence-corrected chi connectivity index (χ3v) is 10.9. The number of unbranched alkanes of at least 4 members (excludes halogenated alkanes) is 27. The van der Waals surface area contributed by atoms with E-state index in [0.29, 0.717) is 23.9 Å². The first-order valence-corrected chi connectivity index (χ1v) is 23.8. The number of phosphoric ester groups is 1. The molecule has 0 aliphatic rings. The minimum atomic E-state index is -4.36. The summed E-state index contributed by atoms with van der Waals surface area (Å²) in [6, 6.07) is 0. The molecule has 0 aliphatic carbocycles. The van der Waals surface area contributed by atoms with Crippen LogP contribution in [0.3, 0.4) is 0 Å². The van der Waals surface area contributed by atoms with Crippen molar-refractivity contribution in [3.63, 3.8) is 0 Å². The minimum absolute atomic E-state index is 0.0366. The lowest BCUT2D eigenvalue weighted by molar-refractivity contribution is -0.870. The zero-order chi connectivity index (χ0) is 39.3. The number of quaternary nitrogens is 1. The van der Waals surface area contributed by atoms with Gasteiger partial charge in [-0.3, -0.25) is 18.6 Å². The van der Waals surface area contributed by atoms with Crippen LogP contribution in [0.2, 0.25) is 0 Å². The van der Waals surface area contributed by atoms with Crippen LogP contribution in [0.25, 0.3) is 0 Å². The average molecular weight is 777 g/mol. The molecule has 2 unspecified atom stereocenters. The van der Waals surface area contributed by atoms with E-state index in [-0.39, 0.29) is 25.6 Å². The maximum absolute atomic E-state index is 12.6. The lowest BCUT2D eigenvalue weighted by Gasteiger charge is -2.24. The summed E-state index contributed by atoms with van der Waals surface area (Å²) in [6.07, 6.45) is 35.8. The Kier molecular flexibility index (Phi) is 36.0. The van der Waals surface area contributed by atoms with Crippen LogP contribution < -0.4 is 0 Å². The molecule has 0 amide bonds. The van der Waals surface area contributed by atoms with Crippen molar-refractivity contribution in [2.45, 2.75) is 219 Å². The number of carbonyl (C=O) groups excluding carboxylic acids is 2. The Labute approximate surface area is 327 Å². The molecule has 316 valence electrons. The first kappa shape index (κ1) is 52.0. The molecular formula is C43H87NO8P+. The van der Waals surface area contributed by atoms with Crippen LogP contribution in [-0.4, -0.2) is 74.9 Å². The summed E-state index contributed by atoms with van der Waals surface area (Å²) in [5, 5.41) is 0. The highest BCUT2D eigenvalue weighted by Gasteiger charge is 2.27. The summed E-state index contributed by atoms with van der Waals surface area (Å²) in [5.74, 6) is -0.786. The summed E-state index contributed by atoms with van der Waals surface area (Å²) < 4.78 is 34.3. The Morgan fingerprint density at radius 1 is 0.509 bits per heavy atom. The Hall–Kier alpha value is -0.990. The number of phosphoric acid groups is 1. The smallest absolute Gasteiger partial charge is 0.462 e. The second kappa shape index (κ2) is 36.6. The molecule has 0 aromatic rings. The average Bonchev–Trinajstić information content (AvgIpc) is 3.10. The number of esters is 2. The van der Waals surface area contributed by atoms with Gasteiger partial charge in [0.2, 0.25) is 0 Å². The molecule has 0 radical (unpaired) electrons. The van der Waals surface area contributed by atoms with Crippen LogP contribution in [0.15, 0.2) is 0 Å². The van der Waals surface area contributed by atoms with Crippen molar-refractivity contribution in [2.75, 3.05) is 47.5 Å². The predicted molar refractivity (Wildman–Crippen MR) is 220 cm³/mol. The topological polar surface area (TPSA) is 108 Å². The highest BCUT2D eigenvalue weighted by atomic mass is 31.2. The largest absolute Gasteiger partial charge is 0.472 e. The summed E-state index contributed by atoms with van der Waals surface area (Å²) in [6.45, 7) is 4.44. The van der Waals surface area contributed by atoms with E-state index in [1.54, 1.807) is 0 Å². The summed E-state index contributed by atoms with van der Waals surface area (Å²) in [7, 11) is 1.49. The van der Waals surface area contributed by atoms with Crippen molar-refractivity contribution >= 4 is 19.8 Å². The van der Waals surface area contributed by atoms with Gasteiger partial charge in [0.05, 0.1) is 27.7 Å². The highest BCUT2D eigenvalue weighted by Crippen LogP contribution is 2.43. The van der Waals surface area contributed by atoms with E-state index in [1.165, 1.54) is 148 Å². The molecule has 0 bridgehead atoms. The quantitative estimate of drug-likeness (QED) is 0.0283. The monoisotopic (exact) mass is 777 g/mol. The van der Waals surface area contributed by atoms with Gasteiger partial charge in [0.1, 0.15) is 19.8 Å². The molecule has 0 aromatic carbocycles. The van der Waals surface area contributed by atoms with Crippen LogP contribution >= 0.6 is 7.82 Å². The van der Waals surface area contributed by atoms with E-state index in [1.807, 2.05) is 21.1 Å². The van der Waals surface area contributed by atoms with Crippen molar-refractivity contribution < 1.29 is 42.1 Å². The SMILES string of the molecule is CCCCCCCCCCCCCCCCCCCCCC(=O)OCC(COP(=O)(O)OCC[N+](C)(C)C)OC(=O)CCCCCCCCCCCC. The van der Waals surface area contributed by atoms with E-state index in [4.69, 9.17) is 18.5 Å². The molecule has 0 saturated heterocycles. The highest BCUT2D eigenvalue weighted by molar-refractivity contribution is 7.47. The van der Waals surface area contributed by atoms with Gasteiger partial charge in [0.25, 0.3) is 0 Å². The molecule has 9 nitrogen and oxygen atoms in total. The fourth-order valence-electron chi connectivity index (χ4n) is 6.37. The summed E-state index contributed by atoms with van der Waals surface area (Å²) >= 11 is 0. The van der Waals surface area contributed by atoms with Crippen molar-refractivity contribution in [1.82, 2.24) is 0 Å². The van der Waals surface area contributed by atoms with Crippen LogP contribution in [0.1, 0.15) is 213 Å². The maximum Gasteiger partial charge on any atom is 0.472 e. The van der Waals surface area contributed by atoms with Gasteiger partial charge in [0.15, 0.2) is 6.10 Å². The number of likely N-dealkylation sites (N-methyl/N-ethyl adjacent to an activating group) is 1. The molecular weight excluding hydrogens is 689 g/mol. The van der Waals surface area contributed by atoms with Gasteiger partial charge in [-0.25, -0.2) is 4.57 Å². The van der Waals surface area contributed by atoms with Crippen molar-refractivity contribution in [1.29, 1.82) is 0 Å². The van der Waals surface area contributed by atoms with Gasteiger partial charge in [-0.2, -0.15) is 0 Å². The second-order valence-corrected chi connectivity index (χ2v) is 17.9. The van der Waals surface area contributed by atoms with E-state index in [0.717, 1.165) is 32.1 Å². The minimum Gasteiger partial charge on any atom is -0.462 e. The Bertz CT molecular complexity index is 881. The molecule has 0 heterocycles. The summed E-state index contributed by atoms with van der Waals surface area (Å²) in [5.41, 5.74) is 0. The van der Waals surface area contributed by atoms with Crippen LogP contribution in [0.5, 0.6) is 0 Å². The van der Waals surface area contributed by atoms with E-state index in [9.17, 15) is 19.0 Å². The zero-order valence-electron chi connectivity index (χ0n) is 35.5. The Balaban J connectivity index is 4.21. The van der Waals surface area contributed by atoms with Gasteiger partial charge in [-0.1, -0.05) is 187 Å². The fourth-order valence-corrected chi connectivity index (χ4v) is 7.11. The standard InChI is InChI=1S/C43H86NO8P/c1-6-8-10-12-14-16-18-19-20-21-22-23-24-25-26-28-29-31-33-35-42(45)49-39-41(40-51-53(47,48)50-38-37-44(3,4)5)52-43(46)36-34-32-30-27-17-15-13-11-9-7-2/h41H,6-40H2,1-5H3/p+1. The van der Waals surface area contributed by atoms with E-state index >= 15 is 0 Å². The van der Waals surface area contributed by atoms with Gasteiger partial charge in [-0.05, 0) is 12.8 Å².